The first-order chi connectivity index (χ1) is 20.3. The first-order valence-corrected chi connectivity index (χ1v) is 13.2. The van der Waals surface area contributed by atoms with Crippen LogP contribution in [0.2, 0.25) is 0 Å². The molecule has 1 aromatic heterocycles. The van der Waals surface area contributed by atoms with Gasteiger partial charge in [-0.3, -0.25) is 0 Å². The number of piperidine rings is 1. The molecule has 1 saturated heterocycles. The summed E-state index contributed by atoms with van der Waals surface area (Å²) in [5.74, 6) is -0.573. The predicted octanol–water partition coefficient (Wildman–Crippen LogP) is 6.47. The zero-order valence-corrected chi connectivity index (χ0v) is 23.2. The number of esters is 1. The number of rotatable bonds is 6. The van der Waals surface area contributed by atoms with Crippen LogP contribution in [0.3, 0.4) is 0 Å². The van der Waals surface area contributed by atoms with Crippen molar-refractivity contribution in [2.75, 3.05) is 20.3 Å². The van der Waals surface area contributed by atoms with Crippen molar-refractivity contribution < 1.29 is 45.4 Å². The summed E-state index contributed by atoms with van der Waals surface area (Å²) >= 11 is 0. The number of nitrogens with zero attached hydrogens (tertiary/aromatic N) is 4. The summed E-state index contributed by atoms with van der Waals surface area (Å²) < 4.78 is 95.0. The molecular formula is C29H26F6N4O4. The summed E-state index contributed by atoms with van der Waals surface area (Å²) in [7, 11) is 1.51. The number of imidazole rings is 1. The van der Waals surface area contributed by atoms with E-state index in [2.05, 4.69) is 10.1 Å². The van der Waals surface area contributed by atoms with E-state index in [4.69, 9.17) is 14.3 Å². The molecule has 0 amide bonds. The van der Waals surface area contributed by atoms with E-state index in [1.165, 1.54) is 18.9 Å². The summed E-state index contributed by atoms with van der Waals surface area (Å²) in [5.41, 5.74) is -3.64. The van der Waals surface area contributed by atoms with Crippen LogP contribution in [0, 0.1) is 6.92 Å². The quantitative estimate of drug-likeness (QED) is 0.236. The summed E-state index contributed by atoms with van der Waals surface area (Å²) in [4.78, 5) is 24.4. The van der Waals surface area contributed by atoms with Crippen LogP contribution in [0.25, 0.3) is 11.8 Å². The van der Waals surface area contributed by atoms with Crippen LogP contribution in [0.1, 0.15) is 47.7 Å². The van der Waals surface area contributed by atoms with Crippen molar-refractivity contribution in [2.45, 2.75) is 44.8 Å². The third-order valence-corrected chi connectivity index (χ3v) is 7.08. The zero-order chi connectivity index (χ0) is 31.2. The number of carbonyl (C=O) groups is 1. The Labute approximate surface area is 242 Å². The summed E-state index contributed by atoms with van der Waals surface area (Å²) in [5, 5.41) is 4.03. The Balaban J connectivity index is 1.59. The number of alkyl halides is 6. The van der Waals surface area contributed by atoms with Crippen molar-refractivity contribution in [3.8, 4) is 11.4 Å². The van der Waals surface area contributed by atoms with Gasteiger partial charge in [-0.2, -0.15) is 26.3 Å². The number of fused-ring (bicyclic) bond motifs is 1. The molecule has 1 atom stereocenters. The first kappa shape index (κ1) is 30.0. The Kier molecular flexibility index (Phi) is 7.65. The van der Waals surface area contributed by atoms with Crippen LogP contribution in [-0.2, 0) is 32.4 Å². The van der Waals surface area contributed by atoms with E-state index in [0.29, 0.717) is 41.9 Å². The molecule has 8 nitrogen and oxygen atoms in total. The van der Waals surface area contributed by atoms with Crippen molar-refractivity contribution in [1.29, 1.82) is 0 Å². The number of hydrogen-bond donors (Lipinski definition) is 0. The van der Waals surface area contributed by atoms with Gasteiger partial charge in [0, 0.05) is 18.3 Å². The number of carbonyl (C=O) groups excluding carboxylic acids is 1. The number of aryl methyl sites for hydroxylation is 1. The molecule has 2 aliphatic rings. The molecule has 2 aromatic carbocycles. The lowest BCUT2D eigenvalue weighted by molar-refractivity contribution is -0.189. The van der Waals surface area contributed by atoms with Gasteiger partial charge in [0.25, 0.3) is 0 Å². The molecule has 3 aromatic rings. The van der Waals surface area contributed by atoms with Crippen molar-refractivity contribution in [1.82, 2.24) is 14.5 Å². The van der Waals surface area contributed by atoms with Crippen molar-refractivity contribution >= 4 is 17.9 Å². The molecule has 0 radical (unpaired) electrons. The maximum Gasteiger partial charge on any atom is 0.416 e. The molecule has 228 valence electrons. The molecule has 0 spiro atoms. The minimum absolute atomic E-state index is 0.0111. The maximum absolute atomic E-state index is 13.7. The second-order valence-corrected chi connectivity index (χ2v) is 9.94. The minimum Gasteiger partial charge on any atom is -0.495 e. The molecule has 0 bridgehead atoms. The van der Waals surface area contributed by atoms with Gasteiger partial charge in [-0.05, 0) is 74.2 Å². The van der Waals surface area contributed by atoms with Gasteiger partial charge in [0.2, 0.25) is 0 Å². The molecule has 3 heterocycles. The van der Waals surface area contributed by atoms with Crippen LogP contribution < -0.4 is 4.74 Å². The fraction of sp³-hybridized carbons (Fsp3) is 0.345. The highest BCUT2D eigenvalue weighted by Crippen LogP contribution is 2.45. The van der Waals surface area contributed by atoms with Crippen LogP contribution in [0.4, 0.5) is 26.3 Å². The molecule has 2 aliphatic heterocycles. The molecule has 14 heteroatoms. The van der Waals surface area contributed by atoms with Crippen molar-refractivity contribution in [3.05, 3.63) is 82.4 Å². The molecule has 0 aliphatic carbocycles. The predicted molar refractivity (Wildman–Crippen MR) is 142 cm³/mol. The van der Waals surface area contributed by atoms with E-state index in [-0.39, 0.29) is 25.1 Å². The van der Waals surface area contributed by atoms with Crippen LogP contribution in [0.15, 0.2) is 59.7 Å². The van der Waals surface area contributed by atoms with Gasteiger partial charge in [-0.15, -0.1) is 0 Å². The first-order valence-electron chi connectivity index (χ1n) is 13.2. The van der Waals surface area contributed by atoms with Gasteiger partial charge in [-0.1, -0.05) is 11.2 Å². The number of amidine groups is 1. The largest absolute Gasteiger partial charge is 0.495 e. The van der Waals surface area contributed by atoms with E-state index < -0.39 is 40.7 Å². The fourth-order valence-electron chi connectivity index (χ4n) is 5.13. The maximum atomic E-state index is 13.7. The molecular weight excluding hydrogens is 582 g/mol. The second-order valence-electron chi connectivity index (χ2n) is 9.94. The lowest BCUT2D eigenvalue weighted by Crippen LogP contribution is -2.54. The van der Waals surface area contributed by atoms with E-state index in [0.717, 1.165) is 11.4 Å². The number of ether oxygens (including phenoxy) is 2. The van der Waals surface area contributed by atoms with Gasteiger partial charge in [0.1, 0.15) is 5.75 Å². The third-order valence-electron chi connectivity index (χ3n) is 7.08. The zero-order valence-electron chi connectivity index (χ0n) is 23.2. The van der Waals surface area contributed by atoms with E-state index in [1.54, 1.807) is 29.1 Å². The highest BCUT2D eigenvalue weighted by atomic mass is 19.4. The summed E-state index contributed by atoms with van der Waals surface area (Å²) in [6.45, 7) is 3.15. The topological polar surface area (TPSA) is 78.2 Å². The Hall–Kier alpha value is -4.49. The van der Waals surface area contributed by atoms with Crippen LogP contribution in [0.5, 0.6) is 5.75 Å². The van der Waals surface area contributed by atoms with Gasteiger partial charge in [-0.25, -0.2) is 9.78 Å². The average molecular weight is 609 g/mol. The SMILES string of the molecule is CCOC(=O)C1(c2cc(C(F)(F)F)cc(C(F)(F)F)c2)ON=C2/C(=C/c3ccc(-n4cnc(C)c4)c(OC)c3)CCCN21. The van der Waals surface area contributed by atoms with Crippen LogP contribution in [-0.4, -0.2) is 46.5 Å². The number of halogens is 6. The highest BCUT2D eigenvalue weighted by molar-refractivity contribution is 6.06. The van der Waals surface area contributed by atoms with Gasteiger partial charge in [0.15, 0.2) is 5.84 Å². The molecule has 1 fully saturated rings. The lowest BCUT2D eigenvalue weighted by Gasteiger charge is -2.38. The standard InChI is InChI=1S/C29H26F6N4O4/c1-4-42-26(40)27(20-12-21(28(30,31)32)14-22(13-20)29(33,34)35)39-9-5-6-19(25(39)37-43-27)10-18-7-8-23(24(11-18)41-3)38-15-17(2)36-16-38/h7-8,10-16H,4-6,9H2,1-3H3/b19-10+. The summed E-state index contributed by atoms with van der Waals surface area (Å²) in [6, 6.07) is 6.28. The second kappa shape index (κ2) is 11.0. The highest BCUT2D eigenvalue weighted by Gasteiger charge is 2.58. The van der Waals surface area contributed by atoms with Crippen LogP contribution >= 0.6 is 0 Å². The normalized spacial score (nSPS) is 19.6. The molecule has 43 heavy (non-hydrogen) atoms. The van der Waals surface area contributed by atoms with Crippen molar-refractivity contribution in [3.63, 3.8) is 0 Å². The molecule has 1 unspecified atom stereocenters. The average Bonchev–Trinajstić information content (AvgIpc) is 3.57. The van der Waals surface area contributed by atoms with Gasteiger partial charge >= 0.3 is 24.0 Å². The number of oxime groups is 1. The molecule has 0 N–H and O–H groups in total. The lowest BCUT2D eigenvalue weighted by atomic mass is 9.92. The summed E-state index contributed by atoms with van der Waals surface area (Å²) in [6.07, 6.45) is -4.23. The number of methoxy groups -OCH3 is 1. The van der Waals surface area contributed by atoms with Gasteiger partial charge < -0.3 is 23.8 Å². The van der Waals surface area contributed by atoms with Gasteiger partial charge in [0.05, 0.1) is 42.6 Å². The number of benzene rings is 2. The number of aromatic nitrogens is 2. The Morgan fingerprint density at radius 2 is 1.79 bits per heavy atom. The van der Waals surface area contributed by atoms with E-state index >= 15 is 0 Å². The molecule has 0 saturated carbocycles. The number of hydrogen-bond acceptors (Lipinski definition) is 7. The Bertz CT molecular complexity index is 1580. The Morgan fingerprint density at radius 1 is 1.09 bits per heavy atom. The third kappa shape index (κ3) is 5.53. The molecule has 5 rings (SSSR count). The van der Waals surface area contributed by atoms with E-state index in [1.807, 2.05) is 19.2 Å². The van der Waals surface area contributed by atoms with E-state index in [9.17, 15) is 31.1 Å². The Morgan fingerprint density at radius 3 is 2.37 bits per heavy atom. The fourth-order valence-corrected chi connectivity index (χ4v) is 5.13. The smallest absolute Gasteiger partial charge is 0.416 e. The monoisotopic (exact) mass is 608 g/mol. The minimum atomic E-state index is -5.14. The van der Waals surface area contributed by atoms with Crippen molar-refractivity contribution in [2.24, 2.45) is 5.16 Å².